The third kappa shape index (κ3) is 2.91. The molecule has 0 radical (unpaired) electrons. The SMILES string of the molecule is O=C(Cn1nnc(-c2ccccc2)n1)NN=C1C2CC3CC(C2)CC1C3. The molecule has 4 bridgehead atoms. The summed E-state index contributed by atoms with van der Waals surface area (Å²) in [5, 5.41) is 16.8. The van der Waals surface area contributed by atoms with Gasteiger partial charge in [0.2, 0.25) is 5.82 Å². The molecule has 26 heavy (non-hydrogen) atoms. The van der Waals surface area contributed by atoms with Gasteiger partial charge in [0.15, 0.2) is 0 Å². The minimum Gasteiger partial charge on any atom is -0.271 e. The van der Waals surface area contributed by atoms with Crippen molar-refractivity contribution in [2.75, 3.05) is 0 Å². The van der Waals surface area contributed by atoms with Gasteiger partial charge in [-0.1, -0.05) is 30.3 Å². The Morgan fingerprint density at radius 3 is 2.46 bits per heavy atom. The van der Waals surface area contributed by atoms with Crippen molar-refractivity contribution < 1.29 is 4.79 Å². The van der Waals surface area contributed by atoms with E-state index < -0.39 is 0 Å². The Morgan fingerprint density at radius 1 is 1.08 bits per heavy atom. The Hall–Kier alpha value is -2.57. The van der Waals surface area contributed by atoms with Crippen LogP contribution in [0.25, 0.3) is 11.4 Å². The van der Waals surface area contributed by atoms with Crippen LogP contribution in [0.15, 0.2) is 35.4 Å². The summed E-state index contributed by atoms with van der Waals surface area (Å²) in [4.78, 5) is 13.6. The van der Waals surface area contributed by atoms with Crippen LogP contribution in [0.5, 0.6) is 0 Å². The maximum atomic E-state index is 12.2. The summed E-state index contributed by atoms with van der Waals surface area (Å²) in [5.41, 5.74) is 4.84. The van der Waals surface area contributed by atoms with E-state index in [-0.39, 0.29) is 12.5 Å². The lowest BCUT2D eigenvalue weighted by Gasteiger charge is -2.50. The Morgan fingerprint density at radius 2 is 1.77 bits per heavy atom. The summed E-state index contributed by atoms with van der Waals surface area (Å²) >= 11 is 0. The minimum atomic E-state index is -0.205. The number of carbonyl (C=O) groups is 1. The van der Waals surface area contributed by atoms with Crippen molar-refractivity contribution in [3.63, 3.8) is 0 Å². The van der Waals surface area contributed by atoms with Crippen LogP contribution in [-0.2, 0) is 11.3 Å². The number of rotatable bonds is 4. The Bertz CT molecular complexity index is 813. The first-order valence-corrected chi connectivity index (χ1v) is 9.44. The van der Waals surface area contributed by atoms with Gasteiger partial charge in [-0.25, -0.2) is 5.43 Å². The molecule has 2 aromatic rings. The Labute approximate surface area is 151 Å². The smallest absolute Gasteiger partial charge is 0.263 e. The van der Waals surface area contributed by atoms with E-state index >= 15 is 0 Å². The zero-order chi connectivity index (χ0) is 17.5. The van der Waals surface area contributed by atoms with Crippen molar-refractivity contribution in [2.45, 2.75) is 38.6 Å². The van der Waals surface area contributed by atoms with Gasteiger partial charge in [0.05, 0.1) is 0 Å². The van der Waals surface area contributed by atoms with Gasteiger partial charge >= 0.3 is 0 Å². The molecule has 7 heteroatoms. The van der Waals surface area contributed by atoms with Crippen LogP contribution in [0.2, 0.25) is 0 Å². The predicted octanol–water partition coefficient (Wildman–Crippen LogP) is 2.27. The average molecular weight is 350 g/mol. The molecule has 4 aliphatic carbocycles. The number of carbonyl (C=O) groups excluding carboxylic acids is 1. The number of amides is 1. The number of hydrogen-bond acceptors (Lipinski definition) is 5. The van der Waals surface area contributed by atoms with E-state index in [9.17, 15) is 4.79 Å². The van der Waals surface area contributed by atoms with Gasteiger partial charge in [0.1, 0.15) is 6.54 Å². The molecule has 1 aromatic carbocycles. The van der Waals surface area contributed by atoms with Gasteiger partial charge in [-0.2, -0.15) is 9.90 Å². The molecule has 0 aliphatic heterocycles. The van der Waals surface area contributed by atoms with Crippen LogP contribution in [0.3, 0.4) is 0 Å². The molecule has 7 nitrogen and oxygen atoms in total. The van der Waals surface area contributed by atoms with Gasteiger partial charge in [0.25, 0.3) is 5.91 Å². The molecular weight excluding hydrogens is 328 g/mol. The molecule has 134 valence electrons. The molecule has 1 amide bonds. The van der Waals surface area contributed by atoms with Crippen molar-refractivity contribution in [1.29, 1.82) is 0 Å². The normalized spacial score (nSPS) is 29.0. The summed E-state index contributed by atoms with van der Waals surface area (Å²) in [5.74, 6) is 3.27. The number of aromatic nitrogens is 4. The third-order valence-electron chi connectivity index (χ3n) is 6.05. The maximum absolute atomic E-state index is 12.2. The van der Waals surface area contributed by atoms with E-state index in [0.717, 1.165) is 17.4 Å². The second-order valence-corrected chi connectivity index (χ2v) is 7.89. The van der Waals surface area contributed by atoms with E-state index in [1.807, 2.05) is 30.3 Å². The molecular formula is C19H22N6O. The lowest BCUT2D eigenvalue weighted by atomic mass is 9.55. The summed E-state index contributed by atoms with van der Waals surface area (Å²) < 4.78 is 0. The fourth-order valence-corrected chi connectivity index (χ4v) is 5.15. The van der Waals surface area contributed by atoms with Crippen molar-refractivity contribution >= 4 is 11.6 Å². The summed E-state index contributed by atoms with van der Waals surface area (Å²) in [6.07, 6.45) is 6.44. The van der Waals surface area contributed by atoms with Gasteiger partial charge in [-0.15, -0.1) is 10.2 Å². The topological polar surface area (TPSA) is 85.1 Å². The standard InChI is InChI=1S/C19H22N6O/c26-17(11-25-23-19(22-24-25)14-4-2-1-3-5-14)20-21-18-15-7-12-6-13(9-15)10-16(18)8-12/h1-5,12-13,15-16H,6-11H2,(H,20,26). The number of hydrogen-bond donors (Lipinski definition) is 1. The molecule has 0 unspecified atom stereocenters. The van der Waals surface area contributed by atoms with Crippen LogP contribution in [-0.4, -0.2) is 31.8 Å². The molecule has 4 fully saturated rings. The Kier molecular flexibility index (Phi) is 3.80. The highest BCUT2D eigenvalue weighted by Gasteiger charge is 2.46. The van der Waals surface area contributed by atoms with Gasteiger partial charge in [-0.3, -0.25) is 4.79 Å². The monoisotopic (exact) mass is 350 g/mol. The molecule has 1 aromatic heterocycles. The number of benzene rings is 1. The minimum absolute atomic E-state index is 0.0250. The van der Waals surface area contributed by atoms with E-state index in [1.54, 1.807) is 0 Å². The van der Waals surface area contributed by atoms with Crippen LogP contribution in [0.4, 0.5) is 0 Å². The summed E-state index contributed by atoms with van der Waals surface area (Å²) in [7, 11) is 0. The van der Waals surface area contributed by atoms with Crippen molar-refractivity contribution in [3.05, 3.63) is 30.3 Å². The van der Waals surface area contributed by atoms with Gasteiger partial charge in [0, 0.05) is 11.3 Å². The first-order chi connectivity index (χ1) is 12.7. The van der Waals surface area contributed by atoms with Crippen LogP contribution >= 0.6 is 0 Å². The Balaban J connectivity index is 1.22. The number of hydrazone groups is 1. The third-order valence-corrected chi connectivity index (χ3v) is 6.05. The predicted molar refractivity (Wildman–Crippen MR) is 95.9 cm³/mol. The van der Waals surface area contributed by atoms with E-state index in [0.29, 0.717) is 17.7 Å². The van der Waals surface area contributed by atoms with Crippen LogP contribution in [0, 0.1) is 23.7 Å². The maximum Gasteiger partial charge on any atom is 0.263 e. The zero-order valence-corrected chi connectivity index (χ0v) is 14.6. The lowest BCUT2D eigenvalue weighted by molar-refractivity contribution is -0.122. The van der Waals surface area contributed by atoms with Crippen LogP contribution < -0.4 is 5.43 Å². The molecule has 1 N–H and O–H groups in total. The first-order valence-electron chi connectivity index (χ1n) is 9.44. The fraction of sp³-hybridized carbons (Fsp3) is 0.526. The highest BCUT2D eigenvalue weighted by Crippen LogP contribution is 2.52. The highest BCUT2D eigenvalue weighted by molar-refractivity contribution is 5.91. The molecule has 0 atom stereocenters. The first kappa shape index (κ1) is 15.7. The van der Waals surface area contributed by atoms with E-state index in [1.165, 1.54) is 42.6 Å². The quantitative estimate of drug-likeness (QED) is 0.857. The molecule has 4 saturated carbocycles. The van der Waals surface area contributed by atoms with Crippen molar-refractivity contribution in [2.24, 2.45) is 28.8 Å². The van der Waals surface area contributed by atoms with Crippen molar-refractivity contribution in [3.8, 4) is 11.4 Å². The van der Waals surface area contributed by atoms with E-state index in [2.05, 4.69) is 25.9 Å². The molecule has 6 rings (SSSR count). The summed E-state index contributed by atoms with van der Waals surface area (Å²) in [6.45, 7) is 0.0250. The number of tetrazole rings is 1. The summed E-state index contributed by atoms with van der Waals surface area (Å²) in [6, 6.07) is 9.61. The number of nitrogens with one attached hydrogen (secondary N) is 1. The largest absolute Gasteiger partial charge is 0.271 e. The fourth-order valence-electron chi connectivity index (χ4n) is 5.15. The average Bonchev–Trinajstić information content (AvgIpc) is 3.10. The molecule has 1 heterocycles. The lowest BCUT2D eigenvalue weighted by Crippen LogP contribution is -2.46. The zero-order valence-electron chi connectivity index (χ0n) is 14.6. The molecule has 0 spiro atoms. The number of nitrogens with zero attached hydrogens (tertiary/aromatic N) is 5. The second kappa shape index (κ2) is 6.30. The van der Waals surface area contributed by atoms with Gasteiger partial charge < -0.3 is 0 Å². The molecule has 4 aliphatic rings. The second-order valence-electron chi connectivity index (χ2n) is 7.89. The highest BCUT2D eigenvalue weighted by atomic mass is 16.2. The van der Waals surface area contributed by atoms with Gasteiger partial charge in [-0.05, 0) is 61.0 Å². The molecule has 0 saturated heterocycles. The van der Waals surface area contributed by atoms with E-state index in [4.69, 9.17) is 0 Å². The van der Waals surface area contributed by atoms with Crippen molar-refractivity contribution in [1.82, 2.24) is 25.6 Å². The van der Waals surface area contributed by atoms with Crippen LogP contribution in [0.1, 0.15) is 32.1 Å².